The van der Waals surface area contributed by atoms with Crippen molar-refractivity contribution in [1.82, 2.24) is 4.90 Å². The summed E-state index contributed by atoms with van der Waals surface area (Å²) in [5, 5.41) is 0. The maximum Gasteiger partial charge on any atom is 0.267 e. The molecule has 2 aliphatic heterocycles. The van der Waals surface area contributed by atoms with Crippen LogP contribution in [0.2, 0.25) is 0 Å². The number of nitrogens with zero attached hydrogens (tertiary/aromatic N) is 2. The number of carbonyl (C=O) groups is 2. The molecule has 0 atom stereocenters. The van der Waals surface area contributed by atoms with Crippen LogP contribution in [-0.4, -0.2) is 34.6 Å². The van der Waals surface area contributed by atoms with Crippen LogP contribution in [0.3, 0.4) is 0 Å². The summed E-state index contributed by atoms with van der Waals surface area (Å²) in [5.41, 5.74) is 2.03. The molecule has 1 fully saturated rings. The average Bonchev–Trinajstić information content (AvgIpc) is 2.89. The molecule has 2 amide bonds. The van der Waals surface area contributed by atoms with Crippen molar-refractivity contribution in [1.29, 1.82) is 0 Å². The number of fused-ring (bicyclic) bond motifs is 1. The minimum absolute atomic E-state index is 0.171. The van der Waals surface area contributed by atoms with Crippen LogP contribution in [0.5, 0.6) is 0 Å². The number of thiocarbonyl (C=S) groups is 1. The van der Waals surface area contributed by atoms with Gasteiger partial charge in [-0.05, 0) is 6.07 Å². The number of thioether (sulfide) groups is 1. The van der Waals surface area contributed by atoms with E-state index in [0.29, 0.717) is 21.3 Å². The normalized spacial score (nSPS) is 21.3. The summed E-state index contributed by atoms with van der Waals surface area (Å²) in [6.45, 7) is 3.98. The molecule has 1 aromatic rings. The van der Waals surface area contributed by atoms with Crippen LogP contribution in [0.25, 0.3) is 5.57 Å². The SMILES string of the molecule is C=CCN1C(=O)/C(=C2\C(=O)N(C)c3ccccc32)SC1=S. The lowest BCUT2D eigenvalue weighted by molar-refractivity contribution is -0.122. The molecule has 3 rings (SSSR count). The average molecular weight is 316 g/mol. The van der Waals surface area contributed by atoms with Gasteiger partial charge in [-0.3, -0.25) is 14.5 Å². The number of para-hydroxylation sites is 1. The Labute approximate surface area is 132 Å². The molecule has 21 heavy (non-hydrogen) atoms. The van der Waals surface area contributed by atoms with Crippen molar-refractivity contribution in [2.45, 2.75) is 0 Å². The Kier molecular flexibility index (Phi) is 3.43. The molecule has 1 aromatic carbocycles. The zero-order valence-electron chi connectivity index (χ0n) is 11.3. The molecular formula is C15H12N2O2S2. The van der Waals surface area contributed by atoms with Crippen molar-refractivity contribution < 1.29 is 9.59 Å². The number of amides is 2. The van der Waals surface area contributed by atoms with E-state index in [2.05, 4.69) is 6.58 Å². The molecule has 0 radical (unpaired) electrons. The Hall–Kier alpha value is -1.92. The Bertz CT molecular complexity index is 724. The van der Waals surface area contributed by atoms with Gasteiger partial charge in [0, 0.05) is 19.2 Å². The number of rotatable bonds is 2. The molecule has 6 heteroatoms. The van der Waals surface area contributed by atoms with Crippen LogP contribution in [-0.2, 0) is 9.59 Å². The van der Waals surface area contributed by atoms with Crippen LogP contribution < -0.4 is 4.90 Å². The standard InChI is InChI=1S/C15H12N2O2S2/c1-3-8-17-14(19)12(21-15(17)20)11-9-6-4-5-7-10(9)16(2)13(11)18/h3-7H,1,8H2,2H3/b12-11+. The van der Waals surface area contributed by atoms with Crippen LogP contribution in [0.1, 0.15) is 5.56 Å². The van der Waals surface area contributed by atoms with E-state index >= 15 is 0 Å². The fourth-order valence-corrected chi connectivity index (χ4v) is 3.77. The Balaban J connectivity index is 2.16. The van der Waals surface area contributed by atoms with Crippen molar-refractivity contribution in [3.63, 3.8) is 0 Å². The second-order valence-corrected chi connectivity index (χ2v) is 6.30. The molecule has 0 bridgehead atoms. The van der Waals surface area contributed by atoms with Crippen LogP contribution >= 0.6 is 24.0 Å². The van der Waals surface area contributed by atoms with Crippen molar-refractivity contribution in [2.24, 2.45) is 0 Å². The summed E-state index contributed by atoms with van der Waals surface area (Å²) < 4.78 is 0.460. The highest BCUT2D eigenvalue weighted by Crippen LogP contribution is 2.43. The van der Waals surface area contributed by atoms with Crippen molar-refractivity contribution in [3.05, 3.63) is 47.4 Å². The van der Waals surface area contributed by atoms with E-state index in [1.807, 2.05) is 24.3 Å². The van der Waals surface area contributed by atoms with Gasteiger partial charge in [-0.1, -0.05) is 48.3 Å². The van der Waals surface area contributed by atoms with Gasteiger partial charge in [0.05, 0.1) is 16.2 Å². The first kappa shape index (κ1) is 14.0. The third-order valence-electron chi connectivity index (χ3n) is 3.44. The maximum atomic E-state index is 12.5. The zero-order chi connectivity index (χ0) is 15.1. The van der Waals surface area contributed by atoms with Crippen molar-refractivity contribution >= 4 is 51.4 Å². The molecule has 2 heterocycles. The predicted octanol–water partition coefficient (Wildman–Crippen LogP) is 2.42. The van der Waals surface area contributed by atoms with Gasteiger partial charge >= 0.3 is 0 Å². The number of likely N-dealkylation sites (N-methyl/N-ethyl adjacent to an activating group) is 1. The summed E-state index contributed by atoms with van der Waals surface area (Å²) in [7, 11) is 1.71. The van der Waals surface area contributed by atoms with Gasteiger partial charge in [0.2, 0.25) is 0 Å². The lowest BCUT2D eigenvalue weighted by atomic mass is 10.1. The molecule has 0 N–H and O–H groups in total. The molecular weight excluding hydrogens is 304 g/mol. The summed E-state index contributed by atoms with van der Waals surface area (Å²) in [6, 6.07) is 7.45. The van der Waals surface area contributed by atoms with Crippen LogP contribution in [0, 0.1) is 0 Å². The summed E-state index contributed by atoms with van der Waals surface area (Å²) in [5.74, 6) is -0.395. The molecule has 4 nitrogen and oxygen atoms in total. The number of hydrogen-bond acceptors (Lipinski definition) is 4. The third-order valence-corrected chi connectivity index (χ3v) is 4.89. The number of benzene rings is 1. The predicted molar refractivity (Wildman–Crippen MR) is 88.9 cm³/mol. The summed E-state index contributed by atoms with van der Waals surface area (Å²) in [6.07, 6.45) is 1.62. The van der Waals surface area contributed by atoms with Gasteiger partial charge in [0.15, 0.2) is 0 Å². The van der Waals surface area contributed by atoms with Gasteiger partial charge in [0.25, 0.3) is 11.8 Å². The lowest BCUT2D eigenvalue weighted by Gasteiger charge is -2.10. The Morgan fingerprint density at radius 3 is 2.71 bits per heavy atom. The highest BCUT2D eigenvalue weighted by Gasteiger charge is 2.40. The Morgan fingerprint density at radius 1 is 1.29 bits per heavy atom. The first-order valence-electron chi connectivity index (χ1n) is 6.32. The second-order valence-electron chi connectivity index (χ2n) is 4.66. The fourth-order valence-electron chi connectivity index (χ4n) is 2.43. The van der Waals surface area contributed by atoms with E-state index in [4.69, 9.17) is 12.2 Å². The topological polar surface area (TPSA) is 40.6 Å². The lowest BCUT2D eigenvalue weighted by Crippen LogP contribution is -2.28. The molecule has 0 spiro atoms. The zero-order valence-corrected chi connectivity index (χ0v) is 13.0. The second kappa shape index (κ2) is 5.13. The van der Waals surface area contributed by atoms with Gasteiger partial charge in [-0.25, -0.2) is 0 Å². The summed E-state index contributed by atoms with van der Waals surface area (Å²) in [4.78, 5) is 28.4. The van der Waals surface area contributed by atoms with Gasteiger partial charge in [0.1, 0.15) is 4.32 Å². The van der Waals surface area contributed by atoms with E-state index in [0.717, 1.165) is 11.3 Å². The molecule has 0 aliphatic carbocycles. The van der Waals surface area contributed by atoms with E-state index in [9.17, 15) is 9.59 Å². The molecule has 0 unspecified atom stereocenters. The van der Waals surface area contributed by atoms with E-state index in [1.54, 1.807) is 18.0 Å². The minimum Gasteiger partial charge on any atom is -0.311 e. The van der Waals surface area contributed by atoms with E-state index < -0.39 is 0 Å². The number of carbonyl (C=O) groups excluding carboxylic acids is 2. The minimum atomic E-state index is -0.224. The fraction of sp³-hybridized carbons (Fsp3) is 0.133. The van der Waals surface area contributed by atoms with Gasteiger partial charge < -0.3 is 4.90 Å². The maximum absolute atomic E-state index is 12.5. The molecule has 1 saturated heterocycles. The van der Waals surface area contributed by atoms with Gasteiger partial charge in [-0.15, -0.1) is 6.58 Å². The number of anilines is 1. The first-order valence-corrected chi connectivity index (χ1v) is 7.55. The van der Waals surface area contributed by atoms with Gasteiger partial charge in [-0.2, -0.15) is 0 Å². The number of hydrogen-bond donors (Lipinski definition) is 0. The highest BCUT2D eigenvalue weighted by molar-refractivity contribution is 8.26. The summed E-state index contributed by atoms with van der Waals surface area (Å²) >= 11 is 6.40. The molecule has 0 saturated carbocycles. The smallest absolute Gasteiger partial charge is 0.267 e. The van der Waals surface area contributed by atoms with E-state index in [1.165, 1.54) is 16.7 Å². The van der Waals surface area contributed by atoms with Crippen molar-refractivity contribution in [2.75, 3.05) is 18.5 Å². The monoisotopic (exact) mass is 316 g/mol. The highest BCUT2D eigenvalue weighted by atomic mass is 32.2. The van der Waals surface area contributed by atoms with Crippen LogP contribution in [0.4, 0.5) is 5.69 Å². The van der Waals surface area contributed by atoms with E-state index in [-0.39, 0.29) is 11.8 Å². The molecule has 2 aliphatic rings. The molecule has 0 aromatic heterocycles. The quantitative estimate of drug-likeness (QED) is 0.477. The largest absolute Gasteiger partial charge is 0.311 e. The van der Waals surface area contributed by atoms with Crippen LogP contribution in [0.15, 0.2) is 41.8 Å². The third kappa shape index (κ3) is 2.02. The molecule has 106 valence electrons. The Morgan fingerprint density at radius 2 is 2.00 bits per heavy atom. The van der Waals surface area contributed by atoms with Crippen molar-refractivity contribution in [3.8, 4) is 0 Å². The first-order chi connectivity index (χ1) is 10.1.